The van der Waals surface area contributed by atoms with Gasteiger partial charge in [-0.25, -0.2) is 0 Å². The van der Waals surface area contributed by atoms with Crippen LogP contribution in [0.25, 0.3) is 0 Å². The van der Waals surface area contributed by atoms with Crippen LogP contribution in [0.2, 0.25) is 0 Å². The molecule has 0 radical (unpaired) electrons. The van der Waals surface area contributed by atoms with Gasteiger partial charge in [-0.3, -0.25) is 9.79 Å². The number of terminal acetylenes is 1. The van der Waals surface area contributed by atoms with Gasteiger partial charge < -0.3 is 4.90 Å². The topological polar surface area (TPSA) is 32.7 Å². The number of rotatable bonds is 9. The highest BCUT2D eigenvalue weighted by Gasteiger charge is 2.06. The van der Waals surface area contributed by atoms with E-state index in [1.54, 1.807) is 20.3 Å². The first kappa shape index (κ1) is 42.0. The average molecular weight is 595 g/mol. The van der Waals surface area contributed by atoms with Crippen LogP contribution < -0.4 is 4.90 Å². The number of aryl methyl sites for hydroxylation is 1. The van der Waals surface area contributed by atoms with Crippen molar-refractivity contribution in [3.05, 3.63) is 125 Å². The average Bonchev–Trinajstić information content (AvgIpc) is 3.03. The van der Waals surface area contributed by atoms with Gasteiger partial charge in [0.25, 0.3) is 0 Å². The summed E-state index contributed by atoms with van der Waals surface area (Å²) < 4.78 is 0. The van der Waals surface area contributed by atoms with Gasteiger partial charge in [0.05, 0.1) is 6.34 Å². The maximum Gasteiger partial charge on any atom is 0.155 e. The lowest BCUT2D eigenvalue weighted by molar-refractivity contribution is -0.113. The van der Waals surface area contributed by atoms with Crippen molar-refractivity contribution in [1.82, 2.24) is 0 Å². The first-order valence-corrected chi connectivity index (χ1v) is 15.5. The number of carbonyl (C=O) groups excluding carboxylic acids is 1. The van der Waals surface area contributed by atoms with E-state index in [4.69, 9.17) is 0 Å². The molecule has 0 heterocycles. The van der Waals surface area contributed by atoms with Crippen LogP contribution in [0.4, 0.5) is 5.69 Å². The second-order valence-electron chi connectivity index (χ2n) is 10.7. The van der Waals surface area contributed by atoms with Gasteiger partial charge >= 0.3 is 0 Å². The van der Waals surface area contributed by atoms with Crippen molar-refractivity contribution < 1.29 is 4.79 Å². The van der Waals surface area contributed by atoms with Crippen LogP contribution in [0.1, 0.15) is 97.3 Å². The highest BCUT2D eigenvalue weighted by Crippen LogP contribution is 2.23. The van der Waals surface area contributed by atoms with Gasteiger partial charge in [-0.1, -0.05) is 118 Å². The maximum atomic E-state index is 11.0. The van der Waals surface area contributed by atoms with Gasteiger partial charge in [-0.2, -0.15) is 0 Å². The molecule has 3 nitrogen and oxygen atoms in total. The zero-order valence-electron chi connectivity index (χ0n) is 29.2. The highest BCUT2D eigenvalue weighted by molar-refractivity contribution is 5.93. The summed E-state index contributed by atoms with van der Waals surface area (Å²) in [4.78, 5) is 17.0. The largest absolute Gasteiger partial charge is 0.336 e. The summed E-state index contributed by atoms with van der Waals surface area (Å²) in [5.74, 6) is 0.718. The number of anilines is 1. The molecule has 3 aromatic rings. The van der Waals surface area contributed by atoms with E-state index in [0.29, 0.717) is 5.92 Å². The summed E-state index contributed by atoms with van der Waals surface area (Å²) in [6, 6.07) is 29.7. The zero-order chi connectivity index (χ0) is 33.9. The number of hydrogen-bond acceptors (Lipinski definition) is 2. The molecule has 0 aliphatic heterocycles. The van der Waals surface area contributed by atoms with E-state index < -0.39 is 0 Å². The van der Waals surface area contributed by atoms with Crippen LogP contribution in [0.15, 0.2) is 113 Å². The van der Waals surface area contributed by atoms with E-state index >= 15 is 0 Å². The first-order chi connectivity index (χ1) is 21.0. The summed E-state index contributed by atoms with van der Waals surface area (Å²) in [5, 5.41) is 0. The number of Topliss-reactive ketones (excluding diaryl/α,β-unsaturated/α-hetero) is 1. The smallest absolute Gasteiger partial charge is 0.155 e. The minimum absolute atomic E-state index is 0.235. The molecule has 0 aliphatic carbocycles. The molecule has 3 rings (SSSR count). The van der Waals surface area contributed by atoms with Gasteiger partial charge in [0.1, 0.15) is 0 Å². The summed E-state index contributed by atoms with van der Waals surface area (Å²) in [7, 11) is 3.77. The second-order valence-corrected chi connectivity index (χ2v) is 10.7. The molecular formula is C41H58N2O. The molecule has 0 saturated carbocycles. The Hall–Kier alpha value is -4.16. The van der Waals surface area contributed by atoms with Crippen LogP contribution in [0.5, 0.6) is 0 Å². The Morgan fingerprint density at radius 3 is 1.59 bits per heavy atom. The van der Waals surface area contributed by atoms with Gasteiger partial charge in [0, 0.05) is 25.7 Å². The van der Waals surface area contributed by atoms with Crippen molar-refractivity contribution in [2.75, 3.05) is 19.0 Å². The standard InChI is InChI=1S/C14H14.C11H16N2.C10H18O.C4H8.C2H2/c1-12(13-8-4-2-5-9-13)14-10-6-3-7-11-14;1-4-10-5-7-11(8-6-10)13(3)9-12-2;1-5-7-8(3)10(6-2)9(4)11;1-4(2)3;1-2/h2-12H,1H3;5-9H,4H2,1-3H3;5-7H2,1-4H3;1H2,2-3H3;1-2H/b;;10-8+;;. The van der Waals surface area contributed by atoms with Gasteiger partial charge in [0.2, 0.25) is 0 Å². The Morgan fingerprint density at radius 2 is 1.27 bits per heavy atom. The van der Waals surface area contributed by atoms with Crippen LogP contribution in [0, 0.1) is 12.8 Å². The highest BCUT2D eigenvalue weighted by atomic mass is 16.1. The van der Waals surface area contributed by atoms with Gasteiger partial charge in [-0.05, 0) is 81.4 Å². The zero-order valence-corrected chi connectivity index (χ0v) is 29.2. The number of aliphatic imine (C=N–C) groups is 1. The number of benzene rings is 3. The van der Waals surface area contributed by atoms with E-state index in [1.165, 1.54) is 33.5 Å². The Balaban J connectivity index is 0. The quantitative estimate of drug-likeness (QED) is 0.0811. The lowest BCUT2D eigenvalue weighted by Crippen LogP contribution is -2.13. The van der Waals surface area contributed by atoms with E-state index in [-0.39, 0.29) is 5.78 Å². The van der Waals surface area contributed by atoms with Crippen molar-refractivity contribution in [2.45, 2.75) is 87.0 Å². The van der Waals surface area contributed by atoms with Gasteiger partial charge in [-0.15, -0.1) is 19.4 Å². The Bertz CT molecular complexity index is 1190. The van der Waals surface area contributed by atoms with Crippen molar-refractivity contribution >= 4 is 17.8 Å². The van der Waals surface area contributed by atoms with Crippen molar-refractivity contribution in [3.63, 3.8) is 0 Å². The molecule has 0 amide bonds. The number of ketones is 1. The summed E-state index contributed by atoms with van der Waals surface area (Å²) in [6.07, 6.45) is 14.0. The summed E-state index contributed by atoms with van der Waals surface area (Å²) in [6.45, 7) is 19.8. The normalized spacial score (nSPS) is 10.3. The van der Waals surface area contributed by atoms with E-state index in [1.807, 2.05) is 32.7 Å². The third-order valence-corrected chi connectivity index (χ3v) is 6.56. The lowest BCUT2D eigenvalue weighted by Gasteiger charge is -2.12. The summed E-state index contributed by atoms with van der Waals surface area (Å²) in [5.41, 5.74) is 8.74. The molecule has 0 aromatic heterocycles. The Labute approximate surface area is 270 Å². The fourth-order valence-electron chi connectivity index (χ4n) is 4.26. The minimum atomic E-state index is 0.235. The Morgan fingerprint density at radius 1 is 0.841 bits per heavy atom. The van der Waals surface area contributed by atoms with Crippen molar-refractivity contribution in [1.29, 1.82) is 0 Å². The lowest BCUT2D eigenvalue weighted by atomic mass is 9.93. The maximum absolute atomic E-state index is 11.0. The molecule has 0 unspecified atom stereocenters. The number of nitrogens with zero attached hydrogens (tertiary/aromatic N) is 2. The molecule has 238 valence electrons. The molecule has 0 bridgehead atoms. The predicted molar refractivity (Wildman–Crippen MR) is 198 cm³/mol. The molecule has 3 aromatic carbocycles. The third-order valence-electron chi connectivity index (χ3n) is 6.56. The number of allylic oxidation sites excluding steroid dienone is 3. The Kier molecular flexibility index (Phi) is 25.2. The van der Waals surface area contributed by atoms with E-state index in [0.717, 1.165) is 31.3 Å². The van der Waals surface area contributed by atoms with Crippen LogP contribution in [0.3, 0.4) is 0 Å². The molecule has 0 spiro atoms. The van der Waals surface area contributed by atoms with E-state index in [2.05, 4.69) is 137 Å². The third kappa shape index (κ3) is 19.1. The monoisotopic (exact) mass is 594 g/mol. The fourth-order valence-corrected chi connectivity index (χ4v) is 4.26. The first-order valence-electron chi connectivity index (χ1n) is 15.5. The van der Waals surface area contributed by atoms with Crippen molar-refractivity contribution in [3.8, 4) is 12.8 Å². The predicted octanol–water partition coefficient (Wildman–Crippen LogP) is 11.1. The molecule has 0 aliphatic rings. The molecule has 0 atom stereocenters. The van der Waals surface area contributed by atoms with Crippen LogP contribution in [-0.2, 0) is 11.2 Å². The second kappa shape index (κ2) is 26.5. The molecular weight excluding hydrogens is 536 g/mol. The fraction of sp³-hybridized carbons (Fsp3) is 0.366. The molecule has 0 fully saturated rings. The molecule has 44 heavy (non-hydrogen) atoms. The number of hydrogen-bond donors (Lipinski definition) is 0. The molecule has 0 N–H and O–H groups in total. The van der Waals surface area contributed by atoms with Gasteiger partial charge in [0.15, 0.2) is 5.78 Å². The van der Waals surface area contributed by atoms with Crippen LogP contribution >= 0.6 is 0 Å². The molecule has 3 heteroatoms. The minimum Gasteiger partial charge on any atom is -0.336 e. The van der Waals surface area contributed by atoms with Crippen LogP contribution in [-0.4, -0.2) is 26.2 Å². The van der Waals surface area contributed by atoms with E-state index in [9.17, 15) is 4.79 Å². The number of carbonyl (C=O) groups is 1. The summed E-state index contributed by atoms with van der Waals surface area (Å²) >= 11 is 0. The molecule has 0 saturated heterocycles. The van der Waals surface area contributed by atoms with Crippen molar-refractivity contribution in [2.24, 2.45) is 4.99 Å². The SMILES string of the molecule is C#C.C=C(C)C.CC(c1ccccc1)c1ccccc1.CCC/C(C)=C(\CC)C(C)=O.CCc1ccc(N(C)C=NC)cc1.